The van der Waals surface area contributed by atoms with Gasteiger partial charge in [-0.1, -0.05) is 15.9 Å². The van der Waals surface area contributed by atoms with Crippen LogP contribution in [-0.2, 0) is 6.54 Å². The number of halogens is 1. The number of nitrogens with zero attached hydrogens (tertiary/aromatic N) is 2. The number of aromatic nitrogens is 2. The fourth-order valence-corrected chi connectivity index (χ4v) is 1.93. The van der Waals surface area contributed by atoms with E-state index in [1.54, 1.807) is 0 Å². The molecule has 2 aromatic rings. The van der Waals surface area contributed by atoms with Crippen LogP contribution in [0.15, 0.2) is 34.9 Å². The van der Waals surface area contributed by atoms with Crippen LogP contribution in [0.5, 0.6) is 11.8 Å². The Morgan fingerprint density at radius 3 is 2.43 bits per heavy atom. The Morgan fingerprint density at radius 2 is 1.86 bits per heavy atom. The number of ether oxygens (including phenoxy) is 1. The lowest BCUT2D eigenvalue weighted by Crippen LogP contribution is -2.35. The predicted octanol–water partition coefficient (Wildman–Crippen LogP) is 4.23. The standard InChI is InChI=1S/C16H20BrN3O/c1-11-12(10-19-16(2,3)4)9-18-15(20-11)21-14-7-5-13(17)6-8-14/h5-9,19H,10H2,1-4H3. The third-order valence-electron chi connectivity index (χ3n) is 2.89. The van der Waals surface area contributed by atoms with Gasteiger partial charge in [-0.25, -0.2) is 4.98 Å². The van der Waals surface area contributed by atoms with Gasteiger partial charge >= 0.3 is 6.01 Å². The minimum absolute atomic E-state index is 0.0685. The average Bonchev–Trinajstić information content (AvgIpc) is 2.39. The monoisotopic (exact) mass is 349 g/mol. The van der Waals surface area contributed by atoms with Gasteiger partial charge in [-0.3, -0.25) is 0 Å². The van der Waals surface area contributed by atoms with Crippen molar-refractivity contribution in [3.05, 3.63) is 46.2 Å². The quantitative estimate of drug-likeness (QED) is 0.897. The third-order valence-corrected chi connectivity index (χ3v) is 3.42. The van der Waals surface area contributed by atoms with Crippen molar-refractivity contribution in [1.29, 1.82) is 0 Å². The summed E-state index contributed by atoms with van der Waals surface area (Å²) in [7, 11) is 0. The van der Waals surface area contributed by atoms with Gasteiger partial charge in [0.2, 0.25) is 0 Å². The lowest BCUT2D eigenvalue weighted by Gasteiger charge is -2.20. The van der Waals surface area contributed by atoms with E-state index in [0.29, 0.717) is 6.01 Å². The zero-order chi connectivity index (χ0) is 15.5. The van der Waals surface area contributed by atoms with E-state index in [9.17, 15) is 0 Å². The summed E-state index contributed by atoms with van der Waals surface area (Å²) in [5.74, 6) is 0.721. The minimum atomic E-state index is 0.0685. The first-order valence-corrected chi connectivity index (χ1v) is 7.64. The Hall–Kier alpha value is -1.46. The minimum Gasteiger partial charge on any atom is -0.424 e. The molecule has 0 saturated carbocycles. The molecule has 0 aliphatic rings. The molecule has 0 fully saturated rings. The van der Waals surface area contributed by atoms with Crippen LogP contribution in [0, 0.1) is 6.92 Å². The molecule has 4 nitrogen and oxygen atoms in total. The van der Waals surface area contributed by atoms with Crippen molar-refractivity contribution < 1.29 is 4.74 Å². The van der Waals surface area contributed by atoms with Crippen LogP contribution in [0.2, 0.25) is 0 Å². The maximum atomic E-state index is 5.65. The summed E-state index contributed by atoms with van der Waals surface area (Å²) >= 11 is 3.39. The summed E-state index contributed by atoms with van der Waals surface area (Å²) in [6, 6.07) is 7.96. The van der Waals surface area contributed by atoms with Gasteiger partial charge in [0.1, 0.15) is 5.75 Å². The Kier molecular flexibility index (Phi) is 4.96. The maximum absolute atomic E-state index is 5.65. The second-order valence-corrected chi connectivity index (χ2v) is 6.84. The Balaban J connectivity index is 2.06. The molecule has 0 saturated heterocycles. The molecular formula is C16H20BrN3O. The van der Waals surface area contributed by atoms with Crippen LogP contribution in [0.25, 0.3) is 0 Å². The van der Waals surface area contributed by atoms with Crippen molar-refractivity contribution in [2.75, 3.05) is 0 Å². The van der Waals surface area contributed by atoms with Gasteiger partial charge in [0.25, 0.3) is 0 Å². The van der Waals surface area contributed by atoms with E-state index < -0.39 is 0 Å². The molecule has 0 bridgehead atoms. The molecule has 1 aromatic carbocycles. The molecule has 0 spiro atoms. The van der Waals surface area contributed by atoms with E-state index in [2.05, 4.69) is 52.0 Å². The zero-order valence-electron chi connectivity index (χ0n) is 12.8. The number of rotatable bonds is 4. The van der Waals surface area contributed by atoms with Gasteiger partial charge in [0, 0.05) is 34.0 Å². The summed E-state index contributed by atoms with van der Waals surface area (Å²) in [6.45, 7) is 9.11. The van der Waals surface area contributed by atoms with Crippen LogP contribution in [0.4, 0.5) is 0 Å². The highest BCUT2D eigenvalue weighted by atomic mass is 79.9. The topological polar surface area (TPSA) is 47.0 Å². The third kappa shape index (κ3) is 5.10. The van der Waals surface area contributed by atoms with Crippen LogP contribution in [0.1, 0.15) is 32.0 Å². The molecule has 5 heteroatoms. The van der Waals surface area contributed by atoms with Gasteiger partial charge in [-0.05, 0) is 52.0 Å². The Morgan fingerprint density at radius 1 is 1.19 bits per heavy atom. The van der Waals surface area contributed by atoms with Gasteiger partial charge in [-0.15, -0.1) is 0 Å². The largest absolute Gasteiger partial charge is 0.424 e. The molecule has 112 valence electrons. The second-order valence-electron chi connectivity index (χ2n) is 5.92. The van der Waals surface area contributed by atoms with Gasteiger partial charge in [0.15, 0.2) is 0 Å². The molecule has 1 heterocycles. The van der Waals surface area contributed by atoms with Gasteiger partial charge in [0.05, 0.1) is 0 Å². The molecule has 21 heavy (non-hydrogen) atoms. The van der Waals surface area contributed by atoms with Crippen molar-refractivity contribution >= 4 is 15.9 Å². The van der Waals surface area contributed by atoms with Crippen LogP contribution < -0.4 is 10.1 Å². The van der Waals surface area contributed by atoms with Gasteiger partial charge < -0.3 is 10.1 Å². The first kappa shape index (κ1) is 15.9. The maximum Gasteiger partial charge on any atom is 0.322 e. The molecule has 2 rings (SSSR count). The first-order chi connectivity index (χ1) is 9.83. The highest BCUT2D eigenvalue weighted by Gasteiger charge is 2.11. The van der Waals surface area contributed by atoms with Crippen LogP contribution in [-0.4, -0.2) is 15.5 Å². The highest BCUT2D eigenvalue weighted by molar-refractivity contribution is 9.10. The molecule has 1 N–H and O–H groups in total. The van der Waals surface area contributed by atoms with E-state index in [0.717, 1.165) is 28.0 Å². The number of benzene rings is 1. The molecule has 0 unspecified atom stereocenters. The van der Waals surface area contributed by atoms with Crippen molar-refractivity contribution in [1.82, 2.24) is 15.3 Å². The zero-order valence-corrected chi connectivity index (χ0v) is 14.4. The molecule has 1 aromatic heterocycles. The average molecular weight is 350 g/mol. The molecular weight excluding hydrogens is 330 g/mol. The second kappa shape index (κ2) is 6.54. The van der Waals surface area contributed by atoms with E-state index in [-0.39, 0.29) is 5.54 Å². The molecule has 0 radical (unpaired) electrons. The lowest BCUT2D eigenvalue weighted by atomic mass is 10.1. The SMILES string of the molecule is Cc1nc(Oc2ccc(Br)cc2)ncc1CNC(C)(C)C. The smallest absolute Gasteiger partial charge is 0.322 e. The van der Waals surface area contributed by atoms with Gasteiger partial charge in [-0.2, -0.15) is 4.98 Å². The van der Waals surface area contributed by atoms with Crippen molar-refractivity contribution in [2.24, 2.45) is 0 Å². The molecule has 0 atom stereocenters. The normalized spacial score (nSPS) is 11.5. The molecule has 0 amide bonds. The number of hydrogen-bond donors (Lipinski definition) is 1. The highest BCUT2D eigenvalue weighted by Crippen LogP contribution is 2.21. The number of hydrogen-bond acceptors (Lipinski definition) is 4. The predicted molar refractivity (Wildman–Crippen MR) is 87.6 cm³/mol. The molecule has 0 aliphatic carbocycles. The Bertz CT molecular complexity index is 606. The summed E-state index contributed by atoms with van der Waals surface area (Å²) in [4.78, 5) is 8.68. The van der Waals surface area contributed by atoms with Crippen LogP contribution in [0.3, 0.4) is 0 Å². The van der Waals surface area contributed by atoms with E-state index in [4.69, 9.17) is 4.74 Å². The van der Waals surface area contributed by atoms with Crippen molar-refractivity contribution in [3.8, 4) is 11.8 Å². The summed E-state index contributed by atoms with van der Waals surface area (Å²) in [5.41, 5.74) is 2.07. The Labute approximate surface area is 134 Å². The number of aryl methyl sites for hydroxylation is 1. The molecule has 0 aliphatic heterocycles. The van der Waals surface area contributed by atoms with E-state index >= 15 is 0 Å². The lowest BCUT2D eigenvalue weighted by molar-refractivity contribution is 0.418. The van der Waals surface area contributed by atoms with Crippen LogP contribution >= 0.6 is 15.9 Å². The summed E-state index contributed by atoms with van der Waals surface area (Å²) < 4.78 is 6.66. The van der Waals surface area contributed by atoms with E-state index in [1.807, 2.05) is 37.4 Å². The van der Waals surface area contributed by atoms with Crippen molar-refractivity contribution in [2.45, 2.75) is 39.8 Å². The summed E-state index contributed by atoms with van der Waals surface area (Å²) in [6.07, 6.45) is 1.81. The van der Waals surface area contributed by atoms with E-state index in [1.165, 1.54) is 0 Å². The fraction of sp³-hybridized carbons (Fsp3) is 0.375. The fourth-order valence-electron chi connectivity index (χ4n) is 1.66. The number of nitrogens with one attached hydrogen (secondary N) is 1. The first-order valence-electron chi connectivity index (χ1n) is 6.84. The van der Waals surface area contributed by atoms with Crippen molar-refractivity contribution in [3.63, 3.8) is 0 Å². The summed E-state index contributed by atoms with van der Waals surface area (Å²) in [5, 5.41) is 3.43.